The minimum absolute atomic E-state index is 0.0714. The van der Waals surface area contributed by atoms with Gasteiger partial charge in [-0.1, -0.05) is 24.3 Å². The Morgan fingerprint density at radius 1 is 1.04 bits per heavy atom. The van der Waals surface area contributed by atoms with E-state index in [2.05, 4.69) is 25.2 Å². The Balaban J connectivity index is 1.42. The van der Waals surface area contributed by atoms with Crippen molar-refractivity contribution in [3.63, 3.8) is 0 Å². The number of amides is 1. The molecule has 0 bridgehead atoms. The highest BCUT2D eigenvalue weighted by Gasteiger charge is 2.18. The minimum Gasteiger partial charge on any atom is -0.492 e. The Labute approximate surface area is 167 Å². The third kappa shape index (κ3) is 5.99. The molecule has 1 amide bonds. The quantitative estimate of drug-likeness (QED) is 0.675. The van der Waals surface area contributed by atoms with E-state index in [1.165, 1.54) is 11.1 Å². The maximum atomic E-state index is 12.2. The van der Waals surface area contributed by atoms with E-state index in [4.69, 9.17) is 9.47 Å². The lowest BCUT2D eigenvalue weighted by Gasteiger charge is -2.17. The first kappa shape index (κ1) is 20.2. The van der Waals surface area contributed by atoms with Crippen molar-refractivity contribution in [3.8, 4) is 11.5 Å². The van der Waals surface area contributed by atoms with Crippen molar-refractivity contribution in [1.82, 2.24) is 10.2 Å². The van der Waals surface area contributed by atoms with E-state index in [9.17, 15) is 4.79 Å². The fraction of sp³-hybridized carbons (Fsp3) is 0.435. The predicted molar refractivity (Wildman–Crippen MR) is 111 cm³/mol. The summed E-state index contributed by atoms with van der Waals surface area (Å²) in [4.78, 5) is 14.1. The van der Waals surface area contributed by atoms with Crippen molar-refractivity contribution in [2.45, 2.75) is 33.2 Å². The number of hydrogen-bond acceptors (Lipinski definition) is 4. The van der Waals surface area contributed by atoms with E-state index in [1.807, 2.05) is 41.3 Å². The van der Waals surface area contributed by atoms with E-state index in [0.717, 1.165) is 49.5 Å². The number of ether oxygens (including phenoxy) is 2. The van der Waals surface area contributed by atoms with E-state index in [0.29, 0.717) is 13.2 Å². The Morgan fingerprint density at radius 2 is 1.75 bits per heavy atom. The molecule has 5 heteroatoms. The van der Waals surface area contributed by atoms with Gasteiger partial charge in [-0.25, -0.2) is 0 Å². The Kier molecular flexibility index (Phi) is 7.31. The molecule has 2 aromatic rings. The van der Waals surface area contributed by atoms with Crippen molar-refractivity contribution in [1.29, 1.82) is 0 Å². The summed E-state index contributed by atoms with van der Waals surface area (Å²) in [6.45, 7) is 7.95. The van der Waals surface area contributed by atoms with Crippen LogP contribution in [0.1, 0.15) is 29.5 Å². The number of hydrogen-bond donors (Lipinski definition) is 1. The number of nitrogens with one attached hydrogen (secondary N) is 1. The molecule has 0 atom stereocenters. The SMILES string of the molecule is Cc1cc(C)cc(OCCNCc2ccccc2OCC(=O)N2CCCC2)c1. The van der Waals surface area contributed by atoms with Crippen LogP contribution in [0.4, 0.5) is 0 Å². The fourth-order valence-electron chi connectivity index (χ4n) is 3.47. The first-order valence-corrected chi connectivity index (χ1v) is 10.0. The van der Waals surface area contributed by atoms with E-state index in [1.54, 1.807) is 0 Å². The van der Waals surface area contributed by atoms with Crippen molar-refractivity contribution >= 4 is 5.91 Å². The van der Waals surface area contributed by atoms with E-state index >= 15 is 0 Å². The number of nitrogens with zero attached hydrogens (tertiary/aromatic N) is 1. The third-order valence-corrected chi connectivity index (χ3v) is 4.84. The van der Waals surface area contributed by atoms with E-state index in [-0.39, 0.29) is 12.5 Å². The molecule has 150 valence electrons. The summed E-state index contributed by atoms with van der Waals surface area (Å²) in [7, 11) is 0. The third-order valence-electron chi connectivity index (χ3n) is 4.84. The monoisotopic (exact) mass is 382 g/mol. The summed E-state index contributed by atoms with van der Waals surface area (Å²) < 4.78 is 11.6. The summed E-state index contributed by atoms with van der Waals surface area (Å²) in [5.41, 5.74) is 3.46. The number of aryl methyl sites for hydroxylation is 2. The molecule has 2 aromatic carbocycles. The molecule has 1 aliphatic heterocycles. The molecule has 1 N–H and O–H groups in total. The number of benzene rings is 2. The minimum atomic E-state index is 0.0714. The normalized spacial score (nSPS) is 13.6. The molecule has 1 aliphatic rings. The number of carbonyl (C=O) groups excluding carboxylic acids is 1. The average molecular weight is 383 g/mol. The van der Waals surface area contributed by atoms with Crippen molar-refractivity contribution in [2.75, 3.05) is 32.8 Å². The van der Waals surface area contributed by atoms with Gasteiger partial charge >= 0.3 is 0 Å². The van der Waals surface area contributed by atoms with Gasteiger partial charge in [0.15, 0.2) is 6.61 Å². The number of rotatable bonds is 9. The van der Waals surface area contributed by atoms with Crippen LogP contribution in [0, 0.1) is 13.8 Å². The van der Waals surface area contributed by atoms with Crippen LogP contribution in [0.25, 0.3) is 0 Å². The van der Waals surface area contributed by atoms with Crippen LogP contribution in [0.3, 0.4) is 0 Å². The smallest absolute Gasteiger partial charge is 0.260 e. The molecule has 5 nitrogen and oxygen atoms in total. The summed E-state index contributed by atoms with van der Waals surface area (Å²) in [5, 5.41) is 3.38. The van der Waals surface area contributed by atoms with Gasteiger partial charge in [0.2, 0.25) is 0 Å². The number of likely N-dealkylation sites (tertiary alicyclic amines) is 1. The van der Waals surface area contributed by atoms with Crippen molar-refractivity contribution in [2.24, 2.45) is 0 Å². The van der Waals surface area contributed by atoms with Crippen LogP contribution in [0.5, 0.6) is 11.5 Å². The van der Waals surface area contributed by atoms with Crippen LogP contribution in [0.2, 0.25) is 0 Å². The van der Waals surface area contributed by atoms with Crippen LogP contribution in [0.15, 0.2) is 42.5 Å². The molecule has 3 rings (SSSR count). The maximum Gasteiger partial charge on any atom is 0.260 e. The molecule has 1 saturated heterocycles. The summed E-state index contributed by atoms with van der Waals surface area (Å²) in [6, 6.07) is 14.1. The molecule has 0 aliphatic carbocycles. The second kappa shape index (κ2) is 10.1. The Bertz CT molecular complexity index is 765. The highest BCUT2D eigenvalue weighted by molar-refractivity contribution is 5.78. The summed E-state index contributed by atoms with van der Waals surface area (Å²) in [6.07, 6.45) is 2.19. The number of carbonyl (C=O) groups is 1. The van der Waals surface area contributed by atoms with Crippen LogP contribution in [-0.4, -0.2) is 43.7 Å². The molecule has 0 unspecified atom stereocenters. The van der Waals surface area contributed by atoms with Gasteiger partial charge in [0.1, 0.15) is 18.1 Å². The van der Waals surface area contributed by atoms with Crippen molar-refractivity contribution < 1.29 is 14.3 Å². The molecule has 0 spiro atoms. The van der Waals surface area contributed by atoms with E-state index < -0.39 is 0 Å². The Morgan fingerprint density at radius 3 is 2.50 bits per heavy atom. The molecule has 28 heavy (non-hydrogen) atoms. The van der Waals surface area contributed by atoms with Crippen LogP contribution in [-0.2, 0) is 11.3 Å². The predicted octanol–water partition coefficient (Wildman–Crippen LogP) is 3.47. The maximum absolute atomic E-state index is 12.2. The van der Waals surface area contributed by atoms with Gasteiger partial charge in [-0.05, 0) is 56.0 Å². The topological polar surface area (TPSA) is 50.8 Å². The van der Waals surface area contributed by atoms with Gasteiger partial charge in [0, 0.05) is 31.7 Å². The second-order valence-corrected chi connectivity index (χ2v) is 7.33. The summed E-state index contributed by atoms with van der Waals surface area (Å²) in [5.74, 6) is 1.74. The summed E-state index contributed by atoms with van der Waals surface area (Å²) >= 11 is 0. The van der Waals surface area contributed by atoms with Gasteiger partial charge < -0.3 is 19.7 Å². The zero-order valence-electron chi connectivity index (χ0n) is 16.9. The zero-order chi connectivity index (χ0) is 19.8. The molecule has 0 saturated carbocycles. The molecule has 0 radical (unpaired) electrons. The lowest BCUT2D eigenvalue weighted by molar-refractivity contribution is -0.132. The lowest BCUT2D eigenvalue weighted by Crippen LogP contribution is -2.32. The molecule has 1 fully saturated rings. The Hall–Kier alpha value is -2.53. The van der Waals surface area contributed by atoms with Crippen molar-refractivity contribution in [3.05, 3.63) is 59.2 Å². The average Bonchev–Trinajstić information content (AvgIpc) is 3.21. The largest absolute Gasteiger partial charge is 0.492 e. The fourth-order valence-corrected chi connectivity index (χ4v) is 3.47. The van der Waals surface area contributed by atoms with Gasteiger partial charge in [-0.2, -0.15) is 0 Å². The number of para-hydroxylation sites is 1. The van der Waals surface area contributed by atoms with Crippen LogP contribution >= 0.6 is 0 Å². The first-order chi connectivity index (χ1) is 13.6. The highest BCUT2D eigenvalue weighted by Crippen LogP contribution is 2.19. The van der Waals surface area contributed by atoms with Gasteiger partial charge in [-0.3, -0.25) is 4.79 Å². The molecular formula is C23H30N2O3. The molecular weight excluding hydrogens is 352 g/mol. The first-order valence-electron chi connectivity index (χ1n) is 10.0. The van der Waals surface area contributed by atoms with Crippen LogP contribution < -0.4 is 14.8 Å². The zero-order valence-corrected chi connectivity index (χ0v) is 16.9. The van der Waals surface area contributed by atoms with Gasteiger partial charge in [0.05, 0.1) is 0 Å². The highest BCUT2D eigenvalue weighted by atomic mass is 16.5. The van der Waals surface area contributed by atoms with Gasteiger partial charge in [0.25, 0.3) is 5.91 Å². The second-order valence-electron chi connectivity index (χ2n) is 7.33. The molecule has 1 heterocycles. The lowest BCUT2D eigenvalue weighted by atomic mass is 10.1. The molecule has 0 aromatic heterocycles. The standard InChI is InChI=1S/C23H30N2O3/c1-18-13-19(2)15-21(14-18)27-12-9-24-16-20-7-3-4-8-22(20)28-17-23(26)25-10-5-6-11-25/h3-4,7-8,13-15,24H,5-6,9-12,16-17H2,1-2H3. The van der Waals surface area contributed by atoms with Gasteiger partial charge in [-0.15, -0.1) is 0 Å².